The summed E-state index contributed by atoms with van der Waals surface area (Å²) in [4.78, 5) is 12.1. The van der Waals surface area contributed by atoms with Gasteiger partial charge in [0.15, 0.2) is 0 Å². The molecule has 0 aliphatic rings. The maximum atomic E-state index is 12.1. The van der Waals surface area contributed by atoms with E-state index in [0.717, 1.165) is 24.9 Å². The third kappa shape index (κ3) is 10.8. The number of hydrogen-bond donors (Lipinski definition) is 1. The zero-order valence-corrected chi connectivity index (χ0v) is 16.2. The molecule has 2 nitrogen and oxygen atoms in total. The fourth-order valence-electron chi connectivity index (χ4n) is 3.05. The summed E-state index contributed by atoms with van der Waals surface area (Å²) >= 11 is 0. The molecule has 0 unspecified atom stereocenters. The lowest BCUT2D eigenvalue weighted by Gasteiger charge is -2.06. The van der Waals surface area contributed by atoms with Crippen molar-refractivity contribution in [2.45, 2.75) is 84.0 Å². The summed E-state index contributed by atoms with van der Waals surface area (Å²) < 4.78 is 0. The number of allylic oxidation sites excluding steroid dienone is 1. The minimum Gasteiger partial charge on any atom is -0.352 e. The van der Waals surface area contributed by atoms with E-state index in [4.69, 9.17) is 0 Å². The van der Waals surface area contributed by atoms with E-state index >= 15 is 0 Å². The molecule has 1 aromatic rings. The van der Waals surface area contributed by atoms with Gasteiger partial charge in [0.25, 0.3) is 5.91 Å². The average Bonchev–Trinajstić information content (AvgIpc) is 2.63. The van der Waals surface area contributed by atoms with E-state index in [2.05, 4.69) is 18.8 Å². The fraction of sp³-hybridized carbons (Fsp3) is 0.609. The van der Waals surface area contributed by atoms with E-state index in [1.54, 1.807) is 0 Å². The number of amides is 1. The van der Waals surface area contributed by atoms with Gasteiger partial charge in [-0.15, -0.1) is 6.58 Å². The van der Waals surface area contributed by atoms with Gasteiger partial charge in [-0.1, -0.05) is 89.3 Å². The number of carbonyl (C=O) groups is 1. The molecule has 1 rings (SSSR count). The number of nitrogens with one attached hydrogen (secondary N) is 1. The normalized spacial score (nSPS) is 10.6. The zero-order chi connectivity index (χ0) is 18.2. The summed E-state index contributed by atoms with van der Waals surface area (Å²) in [7, 11) is 0. The minimum absolute atomic E-state index is 0.0391. The van der Waals surface area contributed by atoms with Gasteiger partial charge >= 0.3 is 0 Å². The summed E-state index contributed by atoms with van der Waals surface area (Å²) in [5, 5.41) is 3.02. The molecule has 0 aromatic heterocycles. The molecule has 0 aliphatic heterocycles. The molecular weight excluding hydrogens is 306 g/mol. The Labute approximate surface area is 155 Å². The molecule has 1 amide bonds. The molecule has 0 spiro atoms. The lowest BCUT2D eigenvalue weighted by molar-refractivity contribution is 0.0953. The predicted molar refractivity (Wildman–Crippen MR) is 109 cm³/mol. The lowest BCUT2D eigenvalue weighted by atomic mass is 10.1. The molecule has 25 heavy (non-hydrogen) atoms. The minimum atomic E-state index is 0.0391. The number of unbranched alkanes of at least 4 members (excludes halogenated alkanes) is 10. The van der Waals surface area contributed by atoms with Gasteiger partial charge in [-0.2, -0.15) is 0 Å². The van der Waals surface area contributed by atoms with Gasteiger partial charge in [0.1, 0.15) is 0 Å². The summed E-state index contributed by atoms with van der Waals surface area (Å²) in [6, 6.07) is 7.79. The van der Waals surface area contributed by atoms with E-state index < -0.39 is 0 Å². The summed E-state index contributed by atoms with van der Waals surface area (Å²) in [5.41, 5.74) is 1.94. The van der Waals surface area contributed by atoms with Crippen molar-refractivity contribution in [2.24, 2.45) is 0 Å². The zero-order valence-electron chi connectivity index (χ0n) is 16.2. The molecule has 0 fully saturated rings. The second-order valence-corrected chi connectivity index (χ2v) is 6.98. The Morgan fingerprint density at radius 1 is 0.880 bits per heavy atom. The summed E-state index contributed by atoms with van der Waals surface area (Å²) in [6.45, 7) is 6.78. The van der Waals surface area contributed by atoms with Crippen LogP contribution >= 0.6 is 0 Å². The van der Waals surface area contributed by atoms with Crippen molar-refractivity contribution in [3.63, 3.8) is 0 Å². The molecule has 0 bridgehead atoms. The number of hydrogen-bond acceptors (Lipinski definition) is 1. The van der Waals surface area contributed by atoms with Crippen molar-refractivity contribution in [1.29, 1.82) is 0 Å². The van der Waals surface area contributed by atoms with Crippen LogP contribution in [0, 0.1) is 0 Å². The Morgan fingerprint density at radius 3 is 1.92 bits per heavy atom. The first-order valence-corrected chi connectivity index (χ1v) is 10.3. The van der Waals surface area contributed by atoms with Crippen molar-refractivity contribution < 1.29 is 4.79 Å². The van der Waals surface area contributed by atoms with Crippen LogP contribution in [-0.2, 0) is 6.42 Å². The monoisotopic (exact) mass is 343 g/mol. The van der Waals surface area contributed by atoms with Crippen LogP contribution in [-0.4, -0.2) is 12.5 Å². The van der Waals surface area contributed by atoms with Crippen molar-refractivity contribution in [1.82, 2.24) is 5.32 Å². The highest BCUT2D eigenvalue weighted by atomic mass is 16.1. The maximum Gasteiger partial charge on any atom is 0.251 e. The van der Waals surface area contributed by atoms with Crippen molar-refractivity contribution in [3.05, 3.63) is 48.0 Å². The molecule has 0 radical (unpaired) electrons. The lowest BCUT2D eigenvalue weighted by Crippen LogP contribution is -2.24. The predicted octanol–water partition coefficient (Wildman–Crippen LogP) is 6.46. The summed E-state index contributed by atoms with van der Waals surface area (Å²) in [5.74, 6) is 0.0391. The van der Waals surface area contributed by atoms with Gasteiger partial charge in [0.2, 0.25) is 0 Å². The van der Waals surface area contributed by atoms with Gasteiger partial charge < -0.3 is 5.32 Å². The second-order valence-electron chi connectivity index (χ2n) is 6.98. The Hall–Kier alpha value is -1.57. The van der Waals surface area contributed by atoms with Crippen LogP contribution in [0.25, 0.3) is 0 Å². The van der Waals surface area contributed by atoms with Crippen LogP contribution in [0.4, 0.5) is 0 Å². The highest BCUT2D eigenvalue weighted by molar-refractivity contribution is 5.94. The molecule has 0 saturated carbocycles. The Kier molecular flexibility index (Phi) is 12.7. The largest absolute Gasteiger partial charge is 0.352 e. The van der Waals surface area contributed by atoms with Gasteiger partial charge in [-0.3, -0.25) is 4.79 Å². The third-order valence-corrected chi connectivity index (χ3v) is 4.66. The quantitative estimate of drug-likeness (QED) is 0.287. The molecule has 140 valence electrons. The van der Waals surface area contributed by atoms with Gasteiger partial charge in [-0.25, -0.2) is 0 Å². The molecule has 0 aliphatic carbocycles. The Bertz CT molecular complexity index is 463. The number of rotatable bonds is 15. The molecule has 0 heterocycles. The molecule has 1 N–H and O–H groups in total. The van der Waals surface area contributed by atoms with Crippen molar-refractivity contribution in [3.8, 4) is 0 Å². The van der Waals surface area contributed by atoms with E-state index in [9.17, 15) is 4.79 Å². The van der Waals surface area contributed by atoms with Gasteiger partial charge in [0.05, 0.1) is 0 Å². The molecule has 1 aromatic carbocycles. The van der Waals surface area contributed by atoms with Crippen molar-refractivity contribution >= 4 is 5.91 Å². The Balaban J connectivity index is 1.97. The van der Waals surface area contributed by atoms with Crippen LogP contribution < -0.4 is 5.32 Å². The third-order valence-electron chi connectivity index (χ3n) is 4.66. The van der Waals surface area contributed by atoms with Crippen LogP contribution in [0.15, 0.2) is 36.9 Å². The number of carbonyl (C=O) groups excluding carboxylic acids is 1. The maximum absolute atomic E-state index is 12.1. The van der Waals surface area contributed by atoms with Gasteiger partial charge in [-0.05, 0) is 30.5 Å². The molecule has 0 saturated heterocycles. The fourth-order valence-corrected chi connectivity index (χ4v) is 3.05. The van der Waals surface area contributed by atoms with E-state index in [1.807, 2.05) is 30.3 Å². The Morgan fingerprint density at radius 2 is 1.40 bits per heavy atom. The SMILES string of the molecule is C=CCc1ccc(C(=O)NCCCCCCCCCCCCC)cc1. The van der Waals surface area contributed by atoms with Crippen LogP contribution in [0.3, 0.4) is 0 Å². The first-order chi connectivity index (χ1) is 12.3. The number of benzene rings is 1. The van der Waals surface area contributed by atoms with Crippen LogP contribution in [0.5, 0.6) is 0 Å². The van der Waals surface area contributed by atoms with Crippen LogP contribution in [0.1, 0.15) is 93.5 Å². The van der Waals surface area contributed by atoms with Crippen molar-refractivity contribution in [2.75, 3.05) is 6.54 Å². The molecule has 0 atom stereocenters. The van der Waals surface area contributed by atoms with E-state index in [-0.39, 0.29) is 5.91 Å². The highest BCUT2D eigenvalue weighted by Crippen LogP contribution is 2.11. The van der Waals surface area contributed by atoms with Crippen LogP contribution in [0.2, 0.25) is 0 Å². The van der Waals surface area contributed by atoms with Gasteiger partial charge in [0, 0.05) is 12.1 Å². The summed E-state index contributed by atoms with van der Waals surface area (Å²) in [6.07, 6.45) is 17.4. The first kappa shape index (κ1) is 21.5. The highest BCUT2D eigenvalue weighted by Gasteiger charge is 2.04. The molecule has 2 heteroatoms. The second kappa shape index (κ2) is 14.7. The average molecular weight is 344 g/mol. The van der Waals surface area contributed by atoms with E-state index in [0.29, 0.717) is 0 Å². The standard InChI is InChI=1S/C23H37NO/c1-3-5-6-7-8-9-10-11-12-13-14-20-24-23(25)22-18-16-21(15-4-2)17-19-22/h4,16-19H,2-3,5-15,20H2,1H3,(H,24,25). The topological polar surface area (TPSA) is 29.1 Å². The molecular formula is C23H37NO. The van der Waals surface area contributed by atoms with E-state index in [1.165, 1.54) is 69.8 Å². The smallest absolute Gasteiger partial charge is 0.251 e. The first-order valence-electron chi connectivity index (χ1n) is 10.3.